The summed E-state index contributed by atoms with van der Waals surface area (Å²) in [5, 5.41) is 0. The molecule has 6 rings (SSSR count). The summed E-state index contributed by atoms with van der Waals surface area (Å²) in [5.41, 5.74) is 4.09. The number of allylic oxidation sites excluding steroid dienone is 1. The summed E-state index contributed by atoms with van der Waals surface area (Å²) in [6.45, 7) is 3.75. The van der Waals surface area contributed by atoms with Gasteiger partial charge in [-0.05, 0) is 73.0 Å². The van der Waals surface area contributed by atoms with Gasteiger partial charge in [-0.25, -0.2) is 0 Å². The monoisotopic (exact) mass is 435 g/mol. The highest BCUT2D eigenvalue weighted by molar-refractivity contribution is 5.87. The van der Waals surface area contributed by atoms with Crippen molar-refractivity contribution >= 4 is 11.5 Å². The summed E-state index contributed by atoms with van der Waals surface area (Å²) in [6, 6.07) is 9.19. The van der Waals surface area contributed by atoms with Crippen LogP contribution in [0.2, 0.25) is 0 Å². The van der Waals surface area contributed by atoms with E-state index < -0.39 is 0 Å². The second kappa shape index (κ2) is 7.43. The van der Waals surface area contributed by atoms with Gasteiger partial charge in [-0.2, -0.15) is 0 Å². The van der Waals surface area contributed by atoms with Crippen molar-refractivity contribution in [2.75, 3.05) is 32.2 Å². The largest absolute Gasteiger partial charge is 0.378 e. The third-order valence-electron chi connectivity index (χ3n) is 9.81. The summed E-state index contributed by atoms with van der Waals surface area (Å²) >= 11 is 0. The fourth-order valence-corrected chi connectivity index (χ4v) is 8.25. The van der Waals surface area contributed by atoms with Crippen LogP contribution in [0.25, 0.3) is 0 Å². The molecule has 1 spiro atoms. The highest BCUT2D eigenvalue weighted by atomic mass is 16.7. The number of rotatable bonds is 2. The van der Waals surface area contributed by atoms with Gasteiger partial charge >= 0.3 is 0 Å². The van der Waals surface area contributed by atoms with E-state index in [0.29, 0.717) is 35.4 Å². The van der Waals surface area contributed by atoms with E-state index in [4.69, 9.17) is 9.47 Å². The number of fused-ring (bicyclic) bond motifs is 5. The fraction of sp³-hybridized carbons (Fsp3) is 0.679. The van der Waals surface area contributed by atoms with Crippen LogP contribution < -0.4 is 4.90 Å². The van der Waals surface area contributed by atoms with Crippen molar-refractivity contribution in [2.45, 2.75) is 63.6 Å². The number of hydrogen-bond donors (Lipinski definition) is 0. The Labute approximate surface area is 192 Å². The van der Waals surface area contributed by atoms with Gasteiger partial charge in [0.25, 0.3) is 0 Å². The molecule has 1 aromatic carbocycles. The number of benzene rings is 1. The highest BCUT2D eigenvalue weighted by Gasteiger charge is 2.60. The summed E-state index contributed by atoms with van der Waals surface area (Å²) in [6.07, 6.45) is 9.62. The fourth-order valence-electron chi connectivity index (χ4n) is 8.25. The minimum Gasteiger partial charge on any atom is -0.378 e. The van der Waals surface area contributed by atoms with Gasteiger partial charge in [-0.15, -0.1) is 0 Å². The Morgan fingerprint density at radius 3 is 2.50 bits per heavy atom. The second-order valence-electron chi connectivity index (χ2n) is 11.5. The van der Waals surface area contributed by atoms with Crippen LogP contribution in [-0.4, -0.2) is 38.9 Å². The summed E-state index contributed by atoms with van der Waals surface area (Å²) in [7, 11) is 4.19. The molecule has 172 valence electrons. The van der Waals surface area contributed by atoms with Gasteiger partial charge in [0.1, 0.15) is 5.78 Å². The van der Waals surface area contributed by atoms with Crippen molar-refractivity contribution in [3.05, 3.63) is 41.5 Å². The van der Waals surface area contributed by atoms with Gasteiger partial charge in [0.15, 0.2) is 5.79 Å². The van der Waals surface area contributed by atoms with Crippen LogP contribution in [0.3, 0.4) is 0 Å². The number of nitrogens with zero attached hydrogens (tertiary/aromatic N) is 1. The molecule has 4 aliphatic carbocycles. The van der Waals surface area contributed by atoms with Gasteiger partial charge in [0, 0.05) is 44.5 Å². The molecule has 4 fully saturated rings. The molecule has 0 N–H and O–H groups in total. The maximum absolute atomic E-state index is 13.1. The average Bonchev–Trinajstić information content (AvgIpc) is 3.37. The molecule has 1 aromatic rings. The first-order chi connectivity index (χ1) is 15.4. The van der Waals surface area contributed by atoms with Crippen LogP contribution in [0, 0.1) is 29.1 Å². The summed E-state index contributed by atoms with van der Waals surface area (Å²) < 4.78 is 12.2. The number of Topliss-reactive ketones (excluding diaryl/α,β-unsaturated/α-hetero) is 1. The van der Waals surface area contributed by atoms with E-state index in [1.54, 1.807) is 5.57 Å². The molecule has 0 bridgehead atoms. The maximum Gasteiger partial charge on any atom is 0.172 e. The standard InChI is InChI=1S/C28H37NO3/c1-27-17-23(18-4-7-20(8-5-18)29(2)3)26-21-12-13-28(31-14-15-32-28)16-19(21)6-9-22(26)24(27)10-11-25(27)30/h4-8,21-24,26H,9-17H2,1-3H3/t21-,22-,23+,24-,26+,27-/m0/s1. The Bertz CT molecular complexity index is 929. The maximum atomic E-state index is 13.1. The van der Waals surface area contributed by atoms with Gasteiger partial charge in [0.2, 0.25) is 0 Å². The smallest absolute Gasteiger partial charge is 0.172 e. The third-order valence-corrected chi connectivity index (χ3v) is 9.81. The van der Waals surface area contributed by atoms with Gasteiger partial charge in [-0.1, -0.05) is 30.7 Å². The van der Waals surface area contributed by atoms with E-state index in [1.807, 2.05) is 0 Å². The molecule has 0 amide bonds. The highest BCUT2D eigenvalue weighted by Crippen LogP contribution is 2.64. The molecule has 4 nitrogen and oxygen atoms in total. The van der Waals surface area contributed by atoms with E-state index in [-0.39, 0.29) is 11.2 Å². The lowest BCUT2D eigenvalue weighted by atomic mass is 9.48. The van der Waals surface area contributed by atoms with Crippen LogP contribution in [0.4, 0.5) is 5.69 Å². The van der Waals surface area contributed by atoms with E-state index in [0.717, 1.165) is 58.2 Å². The molecule has 1 aliphatic heterocycles. The molecular weight excluding hydrogens is 398 g/mol. The number of anilines is 1. The first kappa shape index (κ1) is 20.9. The van der Waals surface area contributed by atoms with Crippen LogP contribution in [0.1, 0.15) is 63.4 Å². The lowest BCUT2D eigenvalue weighted by Gasteiger charge is -2.56. The number of hydrogen-bond acceptors (Lipinski definition) is 4. The lowest BCUT2D eigenvalue weighted by molar-refractivity contribution is -0.176. The predicted molar refractivity (Wildman–Crippen MR) is 126 cm³/mol. The van der Waals surface area contributed by atoms with Crippen molar-refractivity contribution < 1.29 is 14.3 Å². The predicted octanol–water partition coefficient (Wildman–Crippen LogP) is 5.33. The first-order valence-corrected chi connectivity index (χ1v) is 12.7. The summed E-state index contributed by atoms with van der Waals surface area (Å²) in [4.78, 5) is 15.3. The molecule has 5 aliphatic rings. The van der Waals surface area contributed by atoms with E-state index in [9.17, 15) is 4.79 Å². The molecule has 0 aromatic heterocycles. The number of ether oxygens (including phenoxy) is 2. The zero-order valence-corrected chi connectivity index (χ0v) is 19.8. The first-order valence-electron chi connectivity index (χ1n) is 12.7. The zero-order valence-electron chi connectivity index (χ0n) is 19.8. The molecule has 1 saturated heterocycles. The van der Waals surface area contributed by atoms with Crippen molar-refractivity contribution in [1.82, 2.24) is 0 Å². The molecule has 3 saturated carbocycles. The van der Waals surface area contributed by atoms with E-state index in [2.05, 4.69) is 56.3 Å². The average molecular weight is 436 g/mol. The molecule has 0 unspecified atom stereocenters. The van der Waals surface area contributed by atoms with E-state index in [1.165, 1.54) is 11.3 Å². The molecule has 6 atom stereocenters. The van der Waals surface area contributed by atoms with Crippen molar-refractivity contribution in [2.24, 2.45) is 29.1 Å². The summed E-state index contributed by atoms with van der Waals surface area (Å²) in [5.74, 6) is 3.00. The zero-order chi connectivity index (χ0) is 22.1. The van der Waals surface area contributed by atoms with Gasteiger partial charge < -0.3 is 14.4 Å². The molecule has 32 heavy (non-hydrogen) atoms. The van der Waals surface area contributed by atoms with Gasteiger partial charge in [-0.3, -0.25) is 4.79 Å². The van der Waals surface area contributed by atoms with Gasteiger partial charge in [0.05, 0.1) is 13.2 Å². The van der Waals surface area contributed by atoms with Crippen molar-refractivity contribution in [3.63, 3.8) is 0 Å². The minimum atomic E-state index is -0.357. The second-order valence-corrected chi connectivity index (χ2v) is 11.5. The van der Waals surface area contributed by atoms with E-state index >= 15 is 0 Å². The lowest BCUT2D eigenvalue weighted by Crippen LogP contribution is -2.51. The quantitative estimate of drug-likeness (QED) is 0.589. The molecule has 4 heteroatoms. The normalized spacial score (nSPS) is 39.9. The number of carbonyl (C=O) groups excluding carboxylic acids is 1. The number of carbonyl (C=O) groups is 1. The van der Waals surface area contributed by atoms with Crippen LogP contribution in [-0.2, 0) is 14.3 Å². The Balaban J connectivity index is 1.38. The topological polar surface area (TPSA) is 38.8 Å². The Morgan fingerprint density at radius 1 is 1.03 bits per heavy atom. The van der Waals surface area contributed by atoms with Crippen LogP contribution in [0.15, 0.2) is 35.9 Å². The molecule has 1 heterocycles. The Kier molecular flexibility index (Phi) is 4.86. The van der Waals surface area contributed by atoms with Crippen LogP contribution >= 0.6 is 0 Å². The van der Waals surface area contributed by atoms with Crippen molar-refractivity contribution in [1.29, 1.82) is 0 Å². The third kappa shape index (κ3) is 3.05. The number of ketones is 1. The molecular formula is C28H37NO3. The Morgan fingerprint density at radius 2 is 1.78 bits per heavy atom. The Hall–Kier alpha value is -1.65. The van der Waals surface area contributed by atoms with Crippen LogP contribution in [0.5, 0.6) is 0 Å². The minimum absolute atomic E-state index is 0.148. The SMILES string of the molecule is CN(C)c1ccc([C@H]2C[C@]3(C)C(=O)CC[C@H]3[C@@H]3CC=C4CC5(CC[C@@H]4[C@H]32)OCCO5)cc1. The molecule has 0 radical (unpaired) electrons. The van der Waals surface area contributed by atoms with Crippen molar-refractivity contribution in [3.8, 4) is 0 Å².